The van der Waals surface area contributed by atoms with Crippen LogP contribution in [0, 0.1) is 0 Å². The van der Waals surface area contributed by atoms with Crippen molar-refractivity contribution in [1.29, 1.82) is 0 Å². The van der Waals surface area contributed by atoms with Crippen LogP contribution in [0.1, 0.15) is 41.7 Å². The zero-order chi connectivity index (χ0) is 20.6. The number of nitrogens with one attached hydrogen (secondary N) is 1. The van der Waals surface area contributed by atoms with Crippen LogP contribution in [-0.2, 0) is 5.54 Å². The molecular weight excluding hydrogens is 366 g/mol. The Bertz CT molecular complexity index is 903. The third kappa shape index (κ3) is 3.35. The van der Waals surface area contributed by atoms with Crippen molar-refractivity contribution in [2.75, 3.05) is 25.5 Å². The van der Waals surface area contributed by atoms with Crippen LogP contribution in [0.2, 0.25) is 0 Å². The minimum absolute atomic E-state index is 0.0185. The van der Waals surface area contributed by atoms with Crippen LogP contribution < -0.4 is 16.0 Å². The second kappa shape index (κ2) is 7.15. The van der Waals surface area contributed by atoms with Gasteiger partial charge >= 0.3 is 6.03 Å². The lowest BCUT2D eigenvalue weighted by atomic mass is 9.69. The van der Waals surface area contributed by atoms with Crippen LogP contribution in [0.15, 0.2) is 48.7 Å². The van der Waals surface area contributed by atoms with Gasteiger partial charge in [-0.15, -0.1) is 0 Å². The monoisotopic (exact) mass is 393 g/mol. The minimum atomic E-state index is -0.577. The van der Waals surface area contributed by atoms with E-state index < -0.39 is 5.91 Å². The van der Waals surface area contributed by atoms with E-state index in [1.165, 1.54) is 11.8 Å². The third-order valence-electron chi connectivity index (χ3n) is 6.59. The Hall–Kier alpha value is -2.93. The molecule has 0 atom stereocenters. The Kier molecular flexibility index (Phi) is 4.78. The minimum Gasteiger partial charge on any atom is -0.364 e. The van der Waals surface area contributed by atoms with Gasteiger partial charge in [-0.1, -0.05) is 30.3 Å². The molecule has 1 saturated heterocycles. The molecule has 29 heavy (non-hydrogen) atoms. The molecule has 152 valence electrons. The number of urea groups is 1. The molecule has 7 heteroatoms. The maximum absolute atomic E-state index is 12.7. The van der Waals surface area contributed by atoms with Crippen molar-refractivity contribution in [1.82, 2.24) is 15.2 Å². The number of pyridine rings is 1. The lowest BCUT2D eigenvalue weighted by molar-refractivity contribution is 0.0658. The molecule has 2 aliphatic rings. The Morgan fingerprint density at radius 2 is 1.79 bits per heavy atom. The molecule has 0 unspecified atom stereocenters. The average molecular weight is 393 g/mol. The molecular formula is C22H27N5O2. The van der Waals surface area contributed by atoms with Crippen molar-refractivity contribution in [3.8, 4) is 0 Å². The predicted octanol–water partition coefficient (Wildman–Crippen LogP) is 2.48. The molecule has 3 amide bonds. The highest BCUT2D eigenvalue weighted by Gasteiger charge is 2.50. The van der Waals surface area contributed by atoms with E-state index >= 15 is 0 Å². The fourth-order valence-corrected chi connectivity index (χ4v) is 4.78. The highest BCUT2D eigenvalue weighted by Crippen LogP contribution is 2.46. The Balaban J connectivity index is 1.53. The van der Waals surface area contributed by atoms with E-state index in [1.54, 1.807) is 17.0 Å². The summed E-state index contributed by atoms with van der Waals surface area (Å²) >= 11 is 0. The number of nitrogens with two attached hydrogens (primary N) is 1. The summed E-state index contributed by atoms with van der Waals surface area (Å²) in [5.74, 6) is -0.577. The quantitative estimate of drug-likeness (QED) is 0.835. The number of anilines is 1. The number of rotatable bonds is 4. The lowest BCUT2D eigenvalue weighted by Gasteiger charge is -2.48. The van der Waals surface area contributed by atoms with Gasteiger partial charge in [-0.05, 0) is 57.5 Å². The van der Waals surface area contributed by atoms with Gasteiger partial charge in [0, 0.05) is 5.54 Å². The topological polar surface area (TPSA) is 91.6 Å². The smallest absolute Gasteiger partial charge is 0.322 e. The normalized spacial score (nSPS) is 26.7. The molecule has 1 saturated carbocycles. The number of carbonyl (C=O) groups is 2. The van der Waals surface area contributed by atoms with Crippen LogP contribution in [0.3, 0.4) is 0 Å². The molecule has 2 fully saturated rings. The zero-order valence-electron chi connectivity index (χ0n) is 16.9. The first-order chi connectivity index (χ1) is 13.9. The van der Waals surface area contributed by atoms with Crippen molar-refractivity contribution in [3.63, 3.8) is 0 Å². The van der Waals surface area contributed by atoms with Crippen LogP contribution in [0.5, 0.6) is 0 Å². The molecule has 1 aromatic carbocycles. The molecule has 1 aromatic heterocycles. The summed E-state index contributed by atoms with van der Waals surface area (Å²) in [7, 11) is 4.27. The summed E-state index contributed by atoms with van der Waals surface area (Å²) in [6.07, 6.45) is 5.27. The number of nitrogens with zero attached hydrogens (tertiary/aromatic N) is 3. The molecule has 0 radical (unpaired) electrons. The lowest BCUT2D eigenvalue weighted by Crippen LogP contribution is -2.54. The second-order valence-electron chi connectivity index (χ2n) is 8.35. The van der Waals surface area contributed by atoms with Crippen LogP contribution in [0.4, 0.5) is 10.5 Å². The molecule has 0 bridgehead atoms. The summed E-state index contributed by atoms with van der Waals surface area (Å²) in [5.41, 5.74) is 7.19. The van der Waals surface area contributed by atoms with Gasteiger partial charge in [0.15, 0.2) is 0 Å². The van der Waals surface area contributed by atoms with E-state index in [0.29, 0.717) is 12.2 Å². The van der Waals surface area contributed by atoms with Crippen molar-refractivity contribution in [2.24, 2.45) is 5.73 Å². The van der Waals surface area contributed by atoms with Gasteiger partial charge in [0.25, 0.3) is 5.91 Å². The Morgan fingerprint density at radius 1 is 1.10 bits per heavy atom. The average Bonchev–Trinajstić information content (AvgIpc) is 3.05. The van der Waals surface area contributed by atoms with Gasteiger partial charge in [-0.2, -0.15) is 0 Å². The van der Waals surface area contributed by atoms with E-state index in [9.17, 15) is 9.59 Å². The highest BCUT2D eigenvalue weighted by atomic mass is 16.2. The molecule has 2 heterocycles. The van der Waals surface area contributed by atoms with E-state index in [4.69, 9.17) is 5.73 Å². The summed E-state index contributed by atoms with van der Waals surface area (Å²) < 4.78 is 0. The standard InChI is InChI=1S/C22H27N5O2/c1-26(2)22(16-6-4-3-5-7-16)12-10-21(11-13-22)15-27(20(29)25-21)17-8-9-18(19(23)28)24-14-17/h3-9,14H,10-13,15H2,1-2H3,(H2,23,28)(H,25,29). The first-order valence-electron chi connectivity index (χ1n) is 9.94. The van der Waals surface area contributed by atoms with Crippen molar-refractivity contribution >= 4 is 17.6 Å². The van der Waals surface area contributed by atoms with Gasteiger partial charge in [0.2, 0.25) is 0 Å². The number of hydrogen-bond acceptors (Lipinski definition) is 4. The summed E-state index contributed by atoms with van der Waals surface area (Å²) in [5, 5.41) is 3.23. The predicted molar refractivity (Wildman–Crippen MR) is 112 cm³/mol. The van der Waals surface area contributed by atoms with Crippen LogP contribution in [0.25, 0.3) is 0 Å². The van der Waals surface area contributed by atoms with Crippen LogP contribution >= 0.6 is 0 Å². The summed E-state index contributed by atoms with van der Waals surface area (Å²) in [6, 6.07) is 13.8. The fourth-order valence-electron chi connectivity index (χ4n) is 4.78. The summed E-state index contributed by atoms with van der Waals surface area (Å²) in [4.78, 5) is 32.1. The molecule has 1 aliphatic heterocycles. The van der Waals surface area contributed by atoms with Crippen molar-refractivity contribution in [2.45, 2.75) is 36.8 Å². The van der Waals surface area contributed by atoms with Gasteiger partial charge in [0.1, 0.15) is 5.69 Å². The van der Waals surface area contributed by atoms with E-state index in [1.807, 2.05) is 6.07 Å². The third-order valence-corrected chi connectivity index (χ3v) is 6.59. The largest absolute Gasteiger partial charge is 0.364 e. The fraction of sp³-hybridized carbons (Fsp3) is 0.409. The summed E-state index contributed by atoms with van der Waals surface area (Å²) in [6.45, 7) is 0.599. The number of amides is 3. The number of primary amides is 1. The van der Waals surface area contributed by atoms with Gasteiger partial charge < -0.3 is 11.1 Å². The van der Waals surface area contributed by atoms with Crippen LogP contribution in [-0.4, -0.2) is 48.0 Å². The van der Waals surface area contributed by atoms with Gasteiger partial charge in [-0.3, -0.25) is 14.6 Å². The number of hydrogen-bond donors (Lipinski definition) is 2. The molecule has 3 N–H and O–H groups in total. The molecule has 7 nitrogen and oxygen atoms in total. The number of benzene rings is 1. The van der Waals surface area contributed by atoms with E-state index in [0.717, 1.165) is 25.7 Å². The number of aromatic nitrogens is 1. The van der Waals surface area contributed by atoms with Crippen molar-refractivity contribution in [3.05, 3.63) is 59.9 Å². The maximum Gasteiger partial charge on any atom is 0.322 e. The molecule has 1 aliphatic carbocycles. The highest BCUT2D eigenvalue weighted by molar-refractivity contribution is 5.96. The first kappa shape index (κ1) is 19.4. The molecule has 1 spiro atoms. The van der Waals surface area contributed by atoms with E-state index in [-0.39, 0.29) is 22.8 Å². The molecule has 2 aromatic rings. The van der Waals surface area contributed by atoms with Crippen molar-refractivity contribution < 1.29 is 9.59 Å². The maximum atomic E-state index is 12.7. The Morgan fingerprint density at radius 3 is 2.34 bits per heavy atom. The number of carbonyl (C=O) groups excluding carboxylic acids is 2. The van der Waals surface area contributed by atoms with Gasteiger partial charge in [-0.25, -0.2) is 9.78 Å². The second-order valence-corrected chi connectivity index (χ2v) is 8.35. The molecule has 4 rings (SSSR count). The van der Waals surface area contributed by atoms with E-state index in [2.05, 4.69) is 53.6 Å². The SMILES string of the molecule is CN(C)C1(c2ccccc2)CCC2(CC1)CN(c1ccc(C(N)=O)nc1)C(=O)N2. The first-order valence-corrected chi connectivity index (χ1v) is 9.94. The van der Waals surface area contributed by atoms with Gasteiger partial charge in [0.05, 0.1) is 24.0 Å². The Labute approximate surface area is 170 Å². The zero-order valence-corrected chi connectivity index (χ0v) is 16.9.